The number of amides is 3. The Kier molecular flexibility index (Phi) is 9.80. The van der Waals surface area contributed by atoms with E-state index in [1.165, 1.54) is 24.3 Å². The Morgan fingerprint density at radius 1 is 0.969 bits per heavy atom. The first-order valence-electron chi connectivity index (χ1n) is 10.3. The predicted octanol–water partition coefficient (Wildman–Crippen LogP) is 3.28. The van der Waals surface area contributed by atoms with Gasteiger partial charge in [-0.15, -0.1) is 0 Å². The molecular weight excluding hydrogens is 434 g/mol. The maximum absolute atomic E-state index is 12.3. The first kappa shape index (κ1) is 25.0. The SMILES string of the molecule is CCCCNC(=O)NS(=O)(=O)c1ccc(NC(=O)CCCOc2ccccc2OC)cc1. The van der Waals surface area contributed by atoms with Crippen molar-refractivity contribution in [1.82, 2.24) is 10.0 Å². The van der Waals surface area contributed by atoms with Crippen LogP contribution in [-0.2, 0) is 14.8 Å². The van der Waals surface area contributed by atoms with Gasteiger partial charge in [-0.25, -0.2) is 17.9 Å². The number of unbranched alkanes of at least 4 members (excludes halogenated alkanes) is 1. The van der Waals surface area contributed by atoms with Crippen molar-refractivity contribution < 1.29 is 27.5 Å². The molecule has 0 spiro atoms. The van der Waals surface area contributed by atoms with Crippen LogP contribution in [0, 0.1) is 0 Å². The topological polar surface area (TPSA) is 123 Å². The smallest absolute Gasteiger partial charge is 0.328 e. The Hall–Kier alpha value is -3.27. The largest absolute Gasteiger partial charge is 0.493 e. The molecule has 0 aliphatic carbocycles. The van der Waals surface area contributed by atoms with Crippen molar-refractivity contribution >= 4 is 27.6 Å². The van der Waals surface area contributed by atoms with Crippen molar-refractivity contribution in [3.63, 3.8) is 0 Å². The van der Waals surface area contributed by atoms with Gasteiger partial charge in [-0.1, -0.05) is 25.5 Å². The maximum atomic E-state index is 12.3. The molecule has 3 N–H and O–H groups in total. The van der Waals surface area contributed by atoms with Crippen molar-refractivity contribution in [1.29, 1.82) is 0 Å². The zero-order valence-corrected chi connectivity index (χ0v) is 19.0. The highest BCUT2D eigenvalue weighted by Crippen LogP contribution is 2.25. The number of rotatable bonds is 12. The Balaban J connectivity index is 1.78. The van der Waals surface area contributed by atoms with E-state index in [2.05, 4.69) is 10.6 Å². The Morgan fingerprint density at radius 2 is 1.66 bits per heavy atom. The number of ether oxygens (including phenoxy) is 2. The summed E-state index contributed by atoms with van der Waals surface area (Å²) < 4.78 is 37.3. The van der Waals surface area contributed by atoms with Crippen LogP contribution in [0.1, 0.15) is 32.6 Å². The molecule has 3 amide bonds. The molecule has 0 saturated heterocycles. The van der Waals surface area contributed by atoms with Crippen molar-refractivity contribution in [2.24, 2.45) is 0 Å². The average molecular weight is 464 g/mol. The molecule has 2 aromatic carbocycles. The van der Waals surface area contributed by atoms with Crippen LogP contribution in [0.15, 0.2) is 53.4 Å². The zero-order valence-electron chi connectivity index (χ0n) is 18.2. The van der Waals surface area contributed by atoms with E-state index in [4.69, 9.17) is 9.47 Å². The lowest BCUT2D eigenvalue weighted by Crippen LogP contribution is -2.39. The van der Waals surface area contributed by atoms with Gasteiger partial charge in [0.25, 0.3) is 10.0 Å². The van der Waals surface area contributed by atoms with Crippen LogP contribution in [0.5, 0.6) is 11.5 Å². The normalized spacial score (nSPS) is 10.8. The molecule has 2 rings (SSSR count). The van der Waals surface area contributed by atoms with E-state index in [9.17, 15) is 18.0 Å². The van der Waals surface area contributed by atoms with Crippen molar-refractivity contribution in [2.75, 3.05) is 25.6 Å². The summed E-state index contributed by atoms with van der Waals surface area (Å²) in [4.78, 5) is 23.7. The molecule has 9 nitrogen and oxygen atoms in total. The zero-order chi connectivity index (χ0) is 23.4. The number of para-hydroxylation sites is 2. The van der Waals surface area contributed by atoms with Gasteiger partial charge in [0.1, 0.15) is 0 Å². The summed E-state index contributed by atoms with van der Waals surface area (Å²) in [5.74, 6) is 1.01. The number of urea groups is 1. The highest BCUT2D eigenvalue weighted by Gasteiger charge is 2.17. The lowest BCUT2D eigenvalue weighted by atomic mass is 10.2. The van der Waals surface area contributed by atoms with Gasteiger partial charge >= 0.3 is 6.03 Å². The minimum atomic E-state index is -3.99. The number of hydrogen-bond donors (Lipinski definition) is 3. The molecule has 0 unspecified atom stereocenters. The van der Waals surface area contributed by atoms with Gasteiger partial charge in [0.15, 0.2) is 11.5 Å². The third-order valence-electron chi connectivity index (χ3n) is 4.37. The lowest BCUT2D eigenvalue weighted by molar-refractivity contribution is -0.116. The van der Waals surface area contributed by atoms with Crippen LogP contribution in [0.2, 0.25) is 0 Å². The van der Waals surface area contributed by atoms with Crippen molar-refractivity contribution in [3.8, 4) is 11.5 Å². The predicted molar refractivity (Wildman–Crippen MR) is 121 cm³/mol. The van der Waals surface area contributed by atoms with Gasteiger partial charge < -0.3 is 20.1 Å². The molecule has 2 aromatic rings. The number of anilines is 1. The highest BCUT2D eigenvalue weighted by molar-refractivity contribution is 7.90. The van der Waals surface area contributed by atoms with E-state index in [1.807, 2.05) is 23.8 Å². The van der Waals surface area contributed by atoms with E-state index in [0.717, 1.165) is 12.8 Å². The quantitative estimate of drug-likeness (QED) is 0.415. The summed E-state index contributed by atoms with van der Waals surface area (Å²) in [6.07, 6.45) is 2.37. The number of methoxy groups -OCH3 is 1. The first-order valence-corrected chi connectivity index (χ1v) is 11.8. The molecule has 32 heavy (non-hydrogen) atoms. The number of sulfonamides is 1. The molecule has 0 heterocycles. The molecule has 174 valence electrons. The highest BCUT2D eigenvalue weighted by atomic mass is 32.2. The van der Waals surface area contributed by atoms with Crippen LogP contribution >= 0.6 is 0 Å². The third-order valence-corrected chi connectivity index (χ3v) is 5.71. The fourth-order valence-electron chi connectivity index (χ4n) is 2.69. The van der Waals surface area contributed by atoms with Crippen LogP contribution < -0.4 is 24.8 Å². The van der Waals surface area contributed by atoms with Crippen LogP contribution in [0.25, 0.3) is 0 Å². The maximum Gasteiger partial charge on any atom is 0.328 e. The standard InChI is InChI=1S/C22H29N3O6S/c1-3-4-15-23-22(27)25-32(28,29)18-13-11-17(12-14-18)24-21(26)10-7-16-31-20-9-6-5-8-19(20)30-2/h5-6,8-9,11-14H,3-4,7,10,15-16H2,1-2H3,(H,24,26)(H2,23,25,27). The summed E-state index contributed by atoms with van der Waals surface area (Å²) >= 11 is 0. The van der Waals surface area contributed by atoms with Gasteiger partial charge in [-0.3, -0.25) is 4.79 Å². The molecular formula is C22H29N3O6S. The Morgan fingerprint density at radius 3 is 2.31 bits per heavy atom. The second-order valence-electron chi connectivity index (χ2n) is 6.89. The second kappa shape index (κ2) is 12.6. The number of hydrogen-bond acceptors (Lipinski definition) is 6. The molecule has 0 radical (unpaired) electrons. The monoisotopic (exact) mass is 463 g/mol. The minimum absolute atomic E-state index is 0.0775. The second-order valence-corrected chi connectivity index (χ2v) is 8.57. The van der Waals surface area contributed by atoms with E-state index in [0.29, 0.717) is 36.8 Å². The summed E-state index contributed by atoms with van der Waals surface area (Å²) in [5, 5.41) is 5.19. The van der Waals surface area contributed by atoms with Crippen LogP contribution in [0.4, 0.5) is 10.5 Å². The van der Waals surface area contributed by atoms with E-state index in [-0.39, 0.29) is 17.2 Å². The van der Waals surface area contributed by atoms with Gasteiger partial charge in [0, 0.05) is 18.7 Å². The molecule has 0 aliphatic rings. The number of nitrogens with one attached hydrogen (secondary N) is 3. The molecule has 0 atom stereocenters. The van der Waals surface area contributed by atoms with E-state index < -0.39 is 16.1 Å². The number of carbonyl (C=O) groups is 2. The summed E-state index contributed by atoms with van der Waals surface area (Å²) in [5.41, 5.74) is 0.451. The summed E-state index contributed by atoms with van der Waals surface area (Å²) in [7, 11) is -2.43. The lowest BCUT2D eigenvalue weighted by Gasteiger charge is -2.11. The molecule has 0 fully saturated rings. The van der Waals surface area contributed by atoms with Gasteiger partial charge in [0.2, 0.25) is 5.91 Å². The Bertz CT molecular complexity index is 993. The van der Waals surface area contributed by atoms with Crippen molar-refractivity contribution in [3.05, 3.63) is 48.5 Å². The number of carbonyl (C=O) groups excluding carboxylic acids is 2. The van der Waals surface area contributed by atoms with E-state index >= 15 is 0 Å². The first-order chi connectivity index (χ1) is 15.4. The molecule has 10 heteroatoms. The van der Waals surface area contributed by atoms with Crippen molar-refractivity contribution in [2.45, 2.75) is 37.5 Å². The van der Waals surface area contributed by atoms with Gasteiger partial charge in [-0.2, -0.15) is 0 Å². The van der Waals surface area contributed by atoms with Crippen LogP contribution in [0.3, 0.4) is 0 Å². The fraction of sp³-hybridized carbons (Fsp3) is 0.364. The molecule has 0 aromatic heterocycles. The fourth-order valence-corrected chi connectivity index (χ4v) is 3.62. The third kappa shape index (κ3) is 8.10. The summed E-state index contributed by atoms with van der Waals surface area (Å²) in [6, 6.07) is 12.1. The average Bonchev–Trinajstić information content (AvgIpc) is 2.77. The minimum Gasteiger partial charge on any atom is -0.493 e. The summed E-state index contributed by atoms with van der Waals surface area (Å²) in [6.45, 7) is 2.70. The number of benzene rings is 2. The molecule has 0 aliphatic heterocycles. The van der Waals surface area contributed by atoms with Crippen LogP contribution in [-0.4, -0.2) is 40.6 Å². The molecule has 0 saturated carbocycles. The Labute approximate surface area is 188 Å². The van der Waals surface area contributed by atoms with Gasteiger partial charge in [0.05, 0.1) is 18.6 Å². The van der Waals surface area contributed by atoms with Gasteiger partial charge in [-0.05, 0) is 49.2 Å². The molecule has 0 bridgehead atoms. The van der Waals surface area contributed by atoms with E-state index in [1.54, 1.807) is 19.2 Å².